The zero-order valence-corrected chi connectivity index (χ0v) is 16.6. The van der Waals surface area contributed by atoms with E-state index in [1.165, 1.54) is 12.2 Å². The molecule has 1 fully saturated rings. The maximum Gasteiger partial charge on any atom is 0.250 e. The molecule has 27 heavy (non-hydrogen) atoms. The Labute approximate surface area is 160 Å². The topological polar surface area (TPSA) is 59.9 Å². The van der Waals surface area contributed by atoms with Gasteiger partial charge in [0.05, 0.1) is 13.5 Å². The number of hydrogen-bond donors (Lipinski definition) is 1. The molecule has 6 nitrogen and oxygen atoms in total. The summed E-state index contributed by atoms with van der Waals surface area (Å²) in [6.07, 6.45) is 0.0777. The van der Waals surface area contributed by atoms with Crippen molar-refractivity contribution < 1.29 is 9.63 Å². The predicted octanol–water partition coefficient (Wildman–Crippen LogP) is 4.55. The van der Waals surface area contributed by atoms with Crippen LogP contribution in [0, 0.1) is 5.16 Å². The van der Waals surface area contributed by atoms with Crippen LogP contribution in [-0.2, 0) is 9.63 Å². The highest BCUT2D eigenvalue weighted by Crippen LogP contribution is 2.66. The number of para-hydroxylation sites is 2. The molecular weight excluding hydrogens is 359 g/mol. The number of carbonyl (C=O) groups is 1. The van der Waals surface area contributed by atoms with Crippen molar-refractivity contribution in [2.45, 2.75) is 6.42 Å². The smallest absolute Gasteiger partial charge is 0.250 e. The minimum absolute atomic E-state index is 0.0777. The molecule has 0 unspecified atom stereocenters. The van der Waals surface area contributed by atoms with E-state index in [4.69, 9.17) is 4.84 Å². The minimum Gasteiger partial charge on any atom is -0.318 e. The van der Waals surface area contributed by atoms with Crippen molar-refractivity contribution in [1.29, 1.82) is 5.16 Å². The Hall–Kier alpha value is -2.56. The predicted molar refractivity (Wildman–Crippen MR) is 111 cm³/mol. The summed E-state index contributed by atoms with van der Waals surface area (Å²) in [5, 5.41) is 11.3. The van der Waals surface area contributed by atoms with E-state index >= 15 is 0 Å². The van der Waals surface area contributed by atoms with Gasteiger partial charge in [-0.3, -0.25) is 14.8 Å². The number of carbonyl (C=O) groups excluding carboxylic acids is 1. The second kappa shape index (κ2) is 7.99. The van der Waals surface area contributed by atoms with Crippen LogP contribution in [0.2, 0.25) is 0 Å². The molecule has 0 bridgehead atoms. The fourth-order valence-corrected chi connectivity index (χ4v) is 6.23. The van der Waals surface area contributed by atoms with E-state index in [9.17, 15) is 9.96 Å². The molecule has 0 atom stereocenters. The molecule has 1 heterocycles. The first-order valence-corrected chi connectivity index (χ1v) is 10.5. The Bertz CT molecular complexity index is 805. The van der Waals surface area contributed by atoms with E-state index in [-0.39, 0.29) is 12.3 Å². The van der Waals surface area contributed by atoms with Crippen molar-refractivity contribution in [3.63, 3.8) is 0 Å². The molecule has 1 aliphatic heterocycles. The lowest BCUT2D eigenvalue weighted by molar-refractivity contribution is -0.167. The van der Waals surface area contributed by atoms with Gasteiger partial charge in [-0.15, -0.1) is 0 Å². The van der Waals surface area contributed by atoms with E-state index in [1.807, 2.05) is 60.7 Å². The van der Waals surface area contributed by atoms with Crippen LogP contribution in [0.15, 0.2) is 72.6 Å². The third-order valence-electron chi connectivity index (χ3n) is 4.75. The normalized spacial score (nSPS) is 15.6. The molecule has 1 aliphatic rings. The second-order valence-electron chi connectivity index (χ2n) is 6.34. The van der Waals surface area contributed by atoms with Crippen LogP contribution < -0.4 is 9.34 Å². The van der Waals surface area contributed by atoms with Crippen LogP contribution in [-0.4, -0.2) is 38.2 Å². The van der Waals surface area contributed by atoms with Crippen LogP contribution in [0.5, 0.6) is 0 Å². The number of benzene rings is 2. The van der Waals surface area contributed by atoms with Gasteiger partial charge in [-0.25, -0.2) is 5.06 Å². The zero-order chi connectivity index (χ0) is 19.4. The third kappa shape index (κ3) is 3.64. The SMILES string of the molecule is C=C(CC(=O)N(C)OC)P1(=N)N(c2ccccc2)CCN1c1ccccc1. The second-order valence-corrected chi connectivity index (χ2v) is 9.14. The van der Waals surface area contributed by atoms with E-state index in [1.54, 1.807) is 7.05 Å². The minimum atomic E-state index is -2.76. The first kappa shape index (κ1) is 19.2. The molecule has 0 saturated carbocycles. The van der Waals surface area contributed by atoms with Crippen molar-refractivity contribution in [2.75, 3.05) is 36.6 Å². The molecule has 0 aromatic heterocycles. The van der Waals surface area contributed by atoms with Crippen LogP contribution in [0.25, 0.3) is 0 Å². The van der Waals surface area contributed by atoms with E-state index in [0.29, 0.717) is 18.4 Å². The molecule has 2 aromatic carbocycles. The summed E-state index contributed by atoms with van der Waals surface area (Å²) in [6.45, 7) is 5.62. The summed E-state index contributed by atoms with van der Waals surface area (Å²) in [6, 6.07) is 19.8. The number of hydroxylamine groups is 2. The van der Waals surface area contributed by atoms with Gasteiger partial charge >= 0.3 is 0 Å². The van der Waals surface area contributed by atoms with Crippen LogP contribution in [0.1, 0.15) is 6.42 Å². The number of nitrogens with zero attached hydrogens (tertiary/aromatic N) is 3. The molecular formula is C20H25N4O2P. The molecule has 1 saturated heterocycles. The van der Waals surface area contributed by atoms with Gasteiger partial charge < -0.3 is 9.34 Å². The molecule has 1 amide bonds. The lowest BCUT2D eigenvalue weighted by Crippen LogP contribution is -2.27. The Balaban J connectivity index is 2.00. The molecule has 3 rings (SSSR count). The summed E-state index contributed by atoms with van der Waals surface area (Å²) in [4.78, 5) is 17.4. The van der Waals surface area contributed by atoms with Gasteiger partial charge in [0.15, 0.2) is 7.36 Å². The van der Waals surface area contributed by atoms with Gasteiger partial charge in [-0.1, -0.05) is 43.0 Å². The van der Waals surface area contributed by atoms with Crippen molar-refractivity contribution in [3.8, 4) is 0 Å². The average molecular weight is 384 g/mol. The molecule has 0 aliphatic carbocycles. The van der Waals surface area contributed by atoms with E-state index in [0.717, 1.165) is 11.4 Å². The van der Waals surface area contributed by atoms with Gasteiger partial charge in [0.25, 0.3) is 0 Å². The number of hydrogen-bond acceptors (Lipinski definition) is 3. The maximum absolute atomic E-state index is 12.4. The fourth-order valence-electron chi connectivity index (χ4n) is 3.24. The number of amides is 1. The highest BCUT2D eigenvalue weighted by molar-refractivity contribution is 7.72. The van der Waals surface area contributed by atoms with Gasteiger partial charge in [-0.2, -0.15) is 0 Å². The summed E-state index contributed by atoms with van der Waals surface area (Å²) < 4.78 is 4.20. The number of anilines is 2. The zero-order valence-electron chi connectivity index (χ0n) is 15.7. The van der Waals surface area contributed by atoms with Crippen LogP contribution in [0.4, 0.5) is 11.4 Å². The van der Waals surface area contributed by atoms with Gasteiger partial charge in [0.2, 0.25) is 5.91 Å². The van der Waals surface area contributed by atoms with E-state index in [2.05, 4.69) is 15.9 Å². The highest BCUT2D eigenvalue weighted by atomic mass is 31.2. The van der Waals surface area contributed by atoms with Crippen molar-refractivity contribution >= 4 is 24.6 Å². The van der Waals surface area contributed by atoms with Crippen molar-refractivity contribution in [3.05, 3.63) is 72.6 Å². The van der Waals surface area contributed by atoms with Crippen LogP contribution in [0.3, 0.4) is 0 Å². The van der Waals surface area contributed by atoms with E-state index < -0.39 is 7.36 Å². The van der Waals surface area contributed by atoms with Crippen molar-refractivity contribution in [1.82, 2.24) is 5.06 Å². The Kier molecular flexibility index (Phi) is 5.68. The molecule has 142 valence electrons. The van der Waals surface area contributed by atoms with Crippen molar-refractivity contribution in [2.24, 2.45) is 0 Å². The standard InChI is InChI=1S/C20H25N4O2P/c1-17(16-20(25)22(2)26-3)27(21)23(18-10-6-4-7-11-18)14-15-24(27)19-12-8-5-9-13-19/h4-13,21H,1,14-16H2,2-3H3. The number of rotatable bonds is 6. The fraction of sp³-hybridized carbons (Fsp3) is 0.250. The Morgan fingerprint density at radius 3 is 1.93 bits per heavy atom. The Morgan fingerprint density at radius 1 is 1.07 bits per heavy atom. The molecule has 1 N–H and O–H groups in total. The highest BCUT2D eigenvalue weighted by Gasteiger charge is 2.42. The molecule has 2 aromatic rings. The van der Waals surface area contributed by atoms with Crippen LogP contribution >= 0.6 is 7.36 Å². The summed E-state index contributed by atoms with van der Waals surface area (Å²) in [5.41, 5.74) is 1.96. The van der Waals surface area contributed by atoms with Gasteiger partial charge in [-0.05, 0) is 24.3 Å². The lowest BCUT2D eigenvalue weighted by Gasteiger charge is -2.37. The Morgan fingerprint density at radius 2 is 1.52 bits per heavy atom. The summed E-state index contributed by atoms with van der Waals surface area (Å²) in [5.74, 6) is -0.206. The summed E-state index contributed by atoms with van der Waals surface area (Å²) >= 11 is 0. The first-order chi connectivity index (χ1) is 13.0. The largest absolute Gasteiger partial charge is 0.318 e. The van der Waals surface area contributed by atoms with Gasteiger partial charge in [0.1, 0.15) is 0 Å². The first-order valence-electron chi connectivity index (χ1n) is 8.77. The quantitative estimate of drug-likeness (QED) is 0.586. The van der Waals surface area contributed by atoms with Gasteiger partial charge in [0, 0.05) is 36.8 Å². The average Bonchev–Trinajstić information content (AvgIpc) is 3.07. The molecule has 7 heteroatoms. The lowest BCUT2D eigenvalue weighted by atomic mass is 10.3. The third-order valence-corrected chi connectivity index (χ3v) is 8.05. The number of nitrogens with one attached hydrogen (secondary N) is 1. The maximum atomic E-state index is 12.4. The monoisotopic (exact) mass is 384 g/mol. The molecule has 0 radical (unpaired) electrons. The molecule has 0 spiro atoms. The summed E-state index contributed by atoms with van der Waals surface area (Å²) in [7, 11) is 0.265.